The summed E-state index contributed by atoms with van der Waals surface area (Å²) in [4.78, 5) is 14.9. The molecule has 0 saturated heterocycles. The lowest BCUT2D eigenvalue weighted by Gasteiger charge is -2.35. The normalized spacial score (nSPS) is 16.4. The van der Waals surface area contributed by atoms with E-state index in [0.29, 0.717) is 19.2 Å². The van der Waals surface area contributed by atoms with Crippen molar-refractivity contribution in [1.82, 2.24) is 10.2 Å². The molecule has 2 aromatic carbocycles. The van der Waals surface area contributed by atoms with E-state index in [0.717, 1.165) is 31.5 Å². The third-order valence-electron chi connectivity index (χ3n) is 5.37. The summed E-state index contributed by atoms with van der Waals surface area (Å²) in [5, 5.41) is 3.09. The fourth-order valence-electron chi connectivity index (χ4n) is 3.59. The molecule has 3 rings (SSSR count). The molecule has 0 aromatic heterocycles. The van der Waals surface area contributed by atoms with Gasteiger partial charge in [0, 0.05) is 25.7 Å². The molecule has 1 N–H and O–H groups in total. The standard InChI is InChI=1S/C23H30N2O2/c1-3-22(25-14-13-20-11-7-8-12-21(20)16-25)15-24-23(26)18(2)27-17-19-9-5-4-6-10-19/h4-12,18,22H,3,13-17H2,1-2H3,(H,24,26). The van der Waals surface area contributed by atoms with Gasteiger partial charge in [-0.25, -0.2) is 0 Å². The molecule has 0 aliphatic carbocycles. The third kappa shape index (κ3) is 5.41. The minimum Gasteiger partial charge on any atom is -0.364 e. The first-order chi connectivity index (χ1) is 13.2. The molecule has 1 aliphatic heterocycles. The maximum atomic E-state index is 12.4. The molecule has 1 aliphatic rings. The highest BCUT2D eigenvalue weighted by Crippen LogP contribution is 2.21. The number of carbonyl (C=O) groups excluding carboxylic acids is 1. The largest absolute Gasteiger partial charge is 0.364 e. The summed E-state index contributed by atoms with van der Waals surface area (Å²) in [5.74, 6) is -0.0400. The van der Waals surface area contributed by atoms with E-state index in [1.54, 1.807) is 0 Å². The van der Waals surface area contributed by atoms with Crippen LogP contribution >= 0.6 is 0 Å². The van der Waals surface area contributed by atoms with Crippen molar-refractivity contribution < 1.29 is 9.53 Å². The topological polar surface area (TPSA) is 41.6 Å². The molecule has 4 heteroatoms. The van der Waals surface area contributed by atoms with Gasteiger partial charge >= 0.3 is 0 Å². The summed E-state index contributed by atoms with van der Waals surface area (Å²) in [6.07, 6.45) is 1.64. The first kappa shape index (κ1) is 19.6. The number of amides is 1. The molecule has 1 amide bonds. The van der Waals surface area contributed by atoms with Gasteiger partial charge in [0.2, 0.25) is 5.91 Å². The van der Waals surface area contributed by atoms with Crippen LogP contribution in [0.15, 0.2) is 54.6 Å². The van der Waals surface area contributed by atoms with Crippen LogP contribution in [0.4, 0.5) is 0 Å². The SMILES string of the molecule is CCC(CNC(=O)C(C)OCc1ccccc1)N1CCc2ccccc2C1. The van der Waals surface area contributed by atoms with Crippen molar-refractivity contribution >= 4 is 5.91 Å². The van der Waals surface area contributed by atoms with Crippen molar-refractivity contribution in [2.24, 2.45) is 0 Å². The Morgan fingerprint density at radius 3 is 2.56 bits per heavy atom. The van der Waals surface area contributed by atoms with Crippen LogP contribution in [0, 0.1) is 0 Å². The van der Waals surface area contributed by atoms with E-state index >= 15 is 0 Å². The Bertz CT molecular complexity index is 732. The number of nitrogens with one attached hydrogen (secondary N) is 1. The summed E-state index contributed by atoms with van der Waals surface area (Å²) in [6, 6.07) is 19.0. The van der Waals surface area contributed by atoms with E-state index in [2.05, 4.69) is 41.4 Å². The van der Waals surface area contributed by atoms with Crippen molar-refractivity contribution in [2.75, 3.05) is 13.1 Å². The van der Waals surface area contributed by atoms with Gasteiger partial charge in [0.25, 0.3) is 0 Å². The van der Waals surface area contributed by atoms with Gasteiger partial charge in [0.05, 0.1) is 6.61 Å². The van der Waals surface area contributed by atoms with Gasteiger partial charge in [0.1, 0.15) is 6.10 Å². The lowest BCUT2D eigenvalue weighted by atomic mass is 9.98. The summed E-state index contributed by atoms with van der Waals surface area (Å²) in [5.41, 5.74) is 3.94. The van der Waals surface area contributed by atoms with E-state index in [9.17, 15) is 4.79 Å². The molecule has 2 unspecified atom stereocenters. The maximum Gasteiger partial charge on any atom is 0.248 e. The summed E-state index contributed by atoms with van der Waals surface area (Å²) in [6.45, 7) is 7.13. The predicted octanol–water partition coefficient (Wildman–Crippen LogP) is 3.54. The Kier molecular flexibility index (Phi) is 7.02. The number of nitrogens with zero attached hydrogens (tertiary/aromatic N) is 1. The lowest BCUT2D eigenvalue weighted by Crippen LogP contribution is -2.47. The summed E-state index contributed by atoms with van der Waals surface area (Å²) >= 11 is 0. The first-order valence-corrected chi connectivity index (χ1v) is 9.91. The Hall–Kier alpha value is -2.17. The van der Waals surface area contributed by atoms with E-state index in [4.69, 9.17) is 4.74 Å². The second kappa shape index (κ2) is 9.67. The van der Waals surface area contributed by atoms with Gasteiger partial charge in [-0.1, -0.05) is 61.5 Å². The van der Waals surface area contributed by atoms with Crippen LogP contribution in [-0.2, 0) is 29.1 Å². The smallest absolute Gasteiger partial charge is 0.248 e. The molecule has 0 saturated carbocycles. The lowest BCUT2D eigenvalue weighted by molar-refractivity contribution is -0.132. The summed E-state index contributed by atoms with van der Waals surface area (Å²) in [7, 11) is 0. The Morgan fingerprint density at radius 1 is 1.11 bits per heavy atom. The van der Waals surface area contributed by atoms with Crippen molar-refractivity contribution in [3.05, 3.63) is 71.3 Å². The molecule has 0 radical (unpaired) electrons. The van der Waals surface area contributed by atoms with E-state index in [1.165, 1.54) is 11.1 Å². The molecule has 27 heavy (non-hydrogen) atoms. The number of hydrogen-bond donors (Lipinski definition) is 1. The van der Waals surface area contributed by atoms with Gasteiger partial charge in [-0.05, 0) is 36.5 Å². The molecule has 0 bridgehead atoms. The number of fused-ring (bicyclic) bond motifs is 1. The summed E-state index contributed by atoms with van der Waals surface area (Å²) < 4.78 is 5.72. The number of carbonyl (C=O) groups is 1. The van der Waals surface area contributed by atoms with Crippen LogP contribution in [-0.4, -0.2) is 36.0 Å². The Labute approximate surface area is 162 Å². The highest BCUT2D eigenvalue weighted by Gasteiger charge is 2.23. The van der Waals surface area contributed by atoms with Crippen LogP contribution in [0.25, 0.3) is 0 Å². The van der Waals surface area contributed by atoms with Gasteiger partial charge in [0.15, 0.2) is 0 Å². The number of ether oxygens (including phenoxy) is 1. The number of hydrogen-bond acceptors (Lipinski definition) is 3. The average Bonchev–Trinajstić information content (AvgIpc) is 2.73. The number of benzene rings is 2. The Morgan fingerprint density at radius 2 is 1.81 bits per heavy atom. The van der Waals surface area contributed by atoms with Gasteiger partial charge in [-0.2, -0.15) is 0 Å². The average molecular weight is 367 g/mol. The second-order valence-corrected chi connectivity index (χ2v) is 7.24. The van der Waals surface area contributed by atoms with Crippen molar-refractivity contribution in [3.8, 4) is 0 Å². The second-order valence-electron chi connectivity index (χ2n) is 7.24. The Balaban J connectivity index is 1.46. The molecular formula is C23H30N2O2. The van der Waals surface area contributed by atoms with E-state index in [-0.39, 0.29) is 5.91 Å². The zero-order chi connectivity index (χ0) is 19.1. The minimum absolute atomic E-state index is 0.0400. The van der Waals surface area contributed by atoms with Crippen LogP contribution in [0.1, 0.15) is 37.0 Å². The van der Waals surface area contributed by atoms with E-state index < -0.39 is 6.10 Å². The monoisotopic (exact) mass is 366 g/mol. The fourth-order valence-corrected chi connectivity index (χ4v) is 3.59. The van der Waals surface area contributed by atoms with Gasteiger partial charge in [-0.15, -0.1) is 0 Å². The van der Waals surface area contributed by atoms with Crippen molar-refractivity contribution in [1.29, 1.82) is 0 Å². The minimum atomic E-state index is -0.454. The molecule has 1 heterocycles. The van der Waals surface area contributed by atoms with Crippen LogP contribution < -0.4 is 5.32 Å². The third-order valence-corrected chi connectivity index (χ3v) is 5.37. The molecule has 2 atom stereocenters. The van der Waals surface area contributed by atoms with E-state index in [1.807, 2.05) is 37.3 Å². The number of rotatable bonds is 8. The zero-order valence-corrected chi connectivity index (χ0v) is 16.4. The molecule has 144 valence electrons. The quantitative estimate of drug-likeness (QED) is 0.777. The van der Waals surface area contributed by atoms with Gasteiger partial charge in [-0.3, -0.25) is 9.69 Å². The van der Waals surface area contributed by atoms with Crippen LogP contribution in [0.2, 0.25) is 0 Å². The fraction of sp³-hybridized carbons (Fsp3) is 0.435. The van der Waals surface area contributed by atoms with Crippen molar-refractivity contribution in [3.63, 3.8) is 0 Å². The molecular weight excluding hydrogens is 336 g/mol. The molecule has 2 aromatic rings. The molecule has 0 spiro atoms. The highest BCUT2D eigenvalue weighted by molar-refractivity contribution is 5.80. The van der Waals surface area contributed by atoms with Crippen LogP contribution in [0.3, 0.4) is 0 Å². The predicted molar refractivity (Wildman–Crippen MR) is 108 cm³/mol. The first-order valence-electron chi connectivity index (χ1n) is 9.91. The zero-order valence-electron chi connectivity index (χ0n) is 16.4. The molecule has 4 nitrogen and oxygen atoms in total. The highest BCUT2D eigenvalue weighted by atomic mass is 16.5. The van der Waals surface area contributed by atoms with Crippen LogP contribution in [0.5, 0.6) is 0 Å². The van der Waals surface area contributed by atoms with Gasteiger partial charge < -0.3 is 10.1 Å². The maximum absolute atomic E-state index is 12.4. The molecule has 0 fully saturated rings. The van der Waals surface area contributed by atoms with Crippen molar-refractivity contribution in [2.45, 2.75) is 52.0 Å².